The molecule has 1 N–H and O–H groups in total. The predicted octanol–water partition coefficient (Wildman–Crippen LogP) is 1.57. The third-order valence-electron chi connectivity index (χ3n) is 4.30. The van der Waals surface area contributed by atoms with Crippen molar-refractivity contribution in [2.75, 3.05) is 39.8 Å². The Hall–Kier alpha value is -1.75. The average Bonchev–Trinajstić information content (AvgIpc) is 3.31. The predicted molar refractivity (Wildman–Crippen MR) is 79.7 cm³/mol. The Kier molecular flexibility index (Phi) is 4.01. The summed E-state index contributed by atoms with van der Waals surface area (Å²) in [6, 6.07) is 4.82. The van der Waals surface area contributed by atoms with Crippen LogP contribution in [0.1, 0.15) is 23.2 Å². The molecule has 1 saturated heterocycles. The minimum absolute atomic E-state index is 0.00993. The zero-order valence-corrected chi connectivity index (χ0v) is 12.4. The SMILES string of the molecule is COc1ccc(C(=O)N2CCN(CC3CC3)CC2)cc1O. The first-order valence-electron chi connectivity index (χ1n) is 7.56. The first kappa shape index (κ1) is 14.2. The first-order chi connectivity index (χ1) is 10.2. The zero-order chi connectivity index (χ0) is 14.8. The van der Waals surface area contributed by atoms with Crippen LogP contribution < -0.4 is 4.74 Å². The van der Waals surface area contributed by atoms with E-state index in [0.717, 1.165) is 32.1 Å². The van der Waals surface area contributed by atoms with Crippen LogP contribution in [-0.4, -0.2) is 60.6 Å². The number of rotatable bonds is 4. The van der Waals surface area contributed by atoms with Crippen LogP contribution in [-0.2, 0) is 0 Å². The van der Waals surface area contributed by atoms with Gasteiger partial charge in [-0.2, -0.15) is 0 Å². The molecule has 0 radical (unpaired) electrons. The Labute approximate surface area is 125 Å². The summed E-state index contributed by atoms with van der Waals surface area (Å²) in [4.78, 5) is 16.8. The second kappa shape index (κ2) is 5.93. The minimum Gasteiger partial charge on any atom is -0.504 e. The van der Waals surface area contributed by atoms with Crippen LogP contribution in [0.2, 0.25) is 0 Å². The van der Waals surface area contributed by atoms with Gasteiger partial charge in [0.25, 0.3) is 5.91 Å². The number of piperazine rings is 1. The fourth-order valence-corrected chi connectivity index (χ4v) is 2.80. The van der Waals surface area contributed by atoms with E-state index in [-0.39, 0.29) is 11.7 Å². The van der Waals surface area contributed by atoms with Crippen molar-refractivity contribution in [2.45, 2.75) is 12.8 Å². The molecule has 1 aliphatic carbocycles. The van der Waals surface area contributed by atoms with E-state index < -0.39 is 0 Å². The van der Waals surface area contributed by atoms with Gasteiger partial charge in [-0.05, 0) is 37.0 Å². The van der Waals surface area contributed by atoms with Gasteiger partial charge >= 0.3 is 0 Å². The van der Waals surface area contributed by atoms with E-state index in [1.165, 1.54) is 32.6 Å². The van der Waals surface area contributed by atoms with Crippen LogP contribution in [0.25, 0.3) is 0 Å². The number of phenolic OH excluding ortho intramolecular Hbond substituents is 1. The molecule has 0 spiro atoms. The van der Waals surface area contributed by atoms with Crippen molar-refractivity contribution in [2.24, 2.45) is 5.92 Å². The molecule has 3 rings (SSSR count). The summed E-state index contributed by atoms with van der Waals surface area (Å²) in [7, 11) is 1.50. The number of carbonyl (C=O) groups excluding carboxylic acids is 1. The standard InChI is InChI=1S/C16H22N2O3/c1-21-15-5-4-13(10-14(15)19)16(20)18-8-6-17(7-9-18)11-12-2-3-12/h4-5,10,12,19H,2-3,6-9,11H2,1H3. The molecule has 1 aliphatic heterocycles. The lowest BCUT2D eigenvalue weighted by Gasteiger charge is -2.34. The summed E-state index contributed by atoms with van der Waals surface area (Å²) >= 11 is 0. The van der Waals surface area contributed by atoms with E-state index in [1.54, 1.807) is 12.1 Å². The number of benzene rings is 1. The Bertz CT molecular complexity index is 520. The van der Waals surface area contributed by atoms with Gasteiger partial charge in [0.2, 0.25) is 0 Å². The Morgan fingerprint density at radius 1 is 1.29 bits per heavy atom. The quantitative estimate of drug-likeness (QED) is 0.914. The largest absolute Gasteiger partial charge is 0.504 e. The van der Waals surface area contributed by atoms with Gasteiger partial charge in [-0.3, -0.25) is 9.69 Å². The lowest BCUT2D eigenvalue weighted by molar-refractivity contribution is 0.0631. The molecule has 1 amide bonds. The highest BCUT2D eigenvalue weighted by Gasteiger charge is 2.28. The Morgan fingerprint density at radius 2 is 2.00 bits per heavy atom. The summed E-state index contributed by atoms with van der Waals surface area (Å²) in [5, 5.41) is 9.78. The van der Waals surface area contributed by atoms with Gasteiger partial charge in [-0.1, -0.05) is 0 Å². The number of amides is 1. The van der Waals surface area contributed by atoms with Crippen molar-refractivity contribution in [1.82, 2.24) is 9.80 Å². The molecule has 21 heavy (non-hydrogen) atoms. The van der Waals surface area contributed by atoms with Crippen molar-refractivity contribution < 1.29 is 14.6 Å². The minimum atomic E-state index is -0.0148. The van der Waals surface area contributed by atoms with Gasteiger partial charge in [0.1, 0.15) is 0 Å². The molecule has 1 saturated carbocycles. The molecule has 1 aromatic rings. The molecule has 0 aromatic heterocycles. The highest BCUT2D eigenvalue weighted by Crippen LogP contribution is 2.30. The molecule has 1 aromatic carbocycles. The van der Waals surface area contributed by atoms with Gasteiger partial charge in [0.05, 0.1) is 7.11 Å². The summed E-state index contributed by atoms with van der Waals surface area (Å²) in [6.45, 7) is 4.61. The molecule has 2 aliphatic rings. The van der Waals surface area contributed by atoms with Crippen LogP contribution in [0.5, 0.6) is 11.5 Å². The third-order valence-corrected chi connectivity index (χ3v) is 4.30. The summed E-state index contributed by atoms with van der Waals surface area (Å²) in [6.07, 6.45) is 2.73. The molecule has 0 atom stereocenters. The van der Waals surface area contributed by atoms with Crippen LogP contribution in [0.15, 0.2) is 18.2 Å². The van der Waals surface area contributed by atoms with Crippen LogP contribution in [0.4, 0.5) is 0 Å². The van der Waals surface area contributed by atoms with Gasteiger partial charge in [-0.25, -0.2) is 0 Å². The first-order valence-corrected chi connectivity index (χ1v) is 7.56. The lowest BCUT2D eigenvalue weighted by atomic mass is 10.1. The molecular formula is C16H22N2O3. The van der Waals surface area contributed by atoms with Crippen molar-refractivity contribution in [3.63, 3.8) is 0 Å². The highest BCUT2D eigenvalue weighted by molar-refractivity contribution is 5.95. The smallest absolute Gasteiger partial charge is 0.254 e. The number of phenols is 1. The van der Waals surface area contributed by atoms with E-state index in [1.807, 2.05) is 4.90 Å². The number of aromatic hydroxyl groups is 1. The maximum absolute atomic E-state index is 12.4. The number of methoxy groups -OCH3 is 1. The number of ether oxygens (including phenoxy) is 1. The van der Waals surface area contributed by atoms with E-state index in [9.17, 15) is 9.90 Å². The van der Waals surface area contributed by atoms with Gasteiger partial charge in [0, 0.05) is 38.3 Å². The van der Waals surface area contributed by atoms with E-state index in [2.05, 4.69) is 4.90 Å². The van der Waals surface area contributed by atoms with Crippen LogP contribution in [0, 0.1) is 5.92 Å². The Morgan fingerprint density at radius 3 is 2.57 bits per heavy atom. The number of hydrogen-bond acceptors (Lipinski definition) is 4. The Balaban J connectivity index is 1.59. The van der Waals surface area contributed by atoms with Crippen molar-refractivity contribution in [3.8, 4) is 11.5 Å². The number of hydrogen-bond donors (Lipinski definition) is 1. The molecular weight excluding hydrogens is 268 g/mol. The van der Waals surface area contributed by atoms with E-state index in [4.69, 9.17) is 4.74 Å². The summed E-state index contributed by atoms with van der Waals surface area (Å²) < 4.78 is 5.00. The molecule has 1 heterocycles. The third kappa shape index (κ3) is 3.29. The maximum atomic E-state index is 12.4. The number of carbonyl (C=O) groups is 1. The van der Waals surface area contributed by atoms with E-state index in [0.29, 0.717) is 11.3 Å². The highest BCUT2D eigenvalue weighted by atomic mass is 16.5. The number of nitrogens with zero attached hydrogens (tertiary/aromatic N) is 2. The van der Waals surface area contributed by atoms with Gasteiger partial charge in [0.15, 0.2) is 11.5 Å². The van der Waals surface area contributed by atoms with Crippen molar-refractivity contribution in [1.29, 1.82) is 0 Å². The lowest BCUT2D eigenvalue weighted by Crippen LogP contribution is -2.49. The van der Waals surface area contributed by atoms with E-state index >= 15 is 0 Å². The average molecular weight is 290 g/mol. The second-order valence-electron chi connectivity index (χ2n) is 5.92. The molecule has 5 nitrogen and oxygen atoms in total. The summed E-state index contributed by atoms with van der Waals surface area (Å²) in [5.41, 5.74) is 0.518. The molecule has 0 unspecified atom stereocenters. The molecule has 2 fully saturated rings. The molecule has 114 valence electrons. The monoisotopic (exact) mass is 290 g/mol. The van der Waals surface area contributed by atoms with Crippen molar-refractivity contribution in [3.05, 3.63) is 23.8 Å². The second-order valence-corrected chi connectivity index (χ2v) is 5.92. The normalized spacial score (nSPS) is 19.6. The van der Waals surface area contributed by atoms with Gasteiger partial charge < -0.3 is 14.7 Å². The molecule has 5 heteroatoms. The fourth-order valence-electron chi connectivity index (χ4n) is 2.80. The maximum Gasteiger partial charge on any atom is 0.254 e. The molecule has 0 bridgehead atoms. The summed E-state index contributed by atoms with van der Waals surface area (Å²) in [5.74, 6) is 1.28. The van der Waals surface area contributed by atoms with Crippen LogP contribution >= 0.6 is 0 Å². The zero-order valence-electron chi connectivity index (χ0n) is 12.4. The van der Waals surface area contributed by atoms with Gasteiger partial charge in [-0.15, -0.1) is 0 Å². The van der Waals surface area contributed by atoms with Crippen LogP contribution in [0.3, 0.4) is 0 Å². The topological polar surface area (TPSA) is 53.0 Å². The van der Waals surface area contributed by atoms with Crippen molar-refractivity contribution >= 4 is 5.91 Å². The fraction of sp³-hybridized carbons (Fsp3) is 0.562.